The van der Waals surface area contributed by atoms with Gasteiger partial charge in [0.1, 0.15) is 5.82 Å². The standard InChI is InChI=1S/C16H20N4OS/c21-16(18-12-14-5-11-22-13-14)20-8-3-7-19(9-10-20)15-4-1-2-6-17-15/h1-2,4-6,11,13H,3,7-10,12H2,(H,18,21). The minimum absolute atomic E-state index is 0.0223. The second kappa shape index (κ2) is 7.26. The highest BCUT2D eigenvalue weighted by atomic mass is 32.1. The van der Waals surface area contributed by atoms with Crippen LogP contribution in [0.3, 0.4) is 0 Å². The Labute approximate surface area is 134 Å². The summed E-state index contributed by atoms with van der Waals surface area (Å²) in [4.78, 5) is 20.8. The third-order valence-electron chi connectivity index (χ3n) is 3.78. The molecule has 2 aromatic rings. The number of hydrogen-bond acceptors (Lipinski definition) is 4. The van der Waals surface area contributed by atoms with E-state index in [4.69, 9.17) is 0 Å². The van der Waals surface area contributed by atoms with E-state index in [2.05, 4.69) is 20.6 Å². The van der Waals surface area contributed by atoms with Crippen LogP contribution in [0.4, 0.5) is 10.6 Å². The molecule has 3 heterocycles. The molecule has 2 amide bonds. The Kier molecular flexibility index (Phi) is 4.90. The number of amides is 2. The number of aromatic nitrogens is 1. The third-order valence-corrected chi connectivity index (χ3v) is 4.51. The van der Waals surface area contributed by atoms with E-state index in [1.807, 2.05) is 40.7 Å². The van der Waals surface area contributed by atoms with Crippen LogP contribution in [0.5, 0.6) is 0 Å². The van der Waals surface area contributed by atoms with Crippen molar-refractivity contribution in [3.8, 4) is 0 Å². The number of pyridine rings is 1. The Morgan fingerprint density at radius 3 is 2.95 bits per heavy atom. The van der Waals surface area contributed by atoms with Crippen molar-refractivity contribution in [3.63, 3.8) is 0 Å². The van der Waals surface area contributed by atoms with Crippen LogP contribution in [0.15, 0.2) is 41.2 Å². The highest BCUT2D eigenvalue weighted by Gasteiger charge is 2.19. The summed E-state index contributed by atoms with van der Waals surface area (Å²) in [6, 6.07) is 8.00. The molecule has 0 atom stereocenters. The zero-order valence-corrected chi connectivity index (χ0v) is 13.3. The average Bonchev–Trinajstić information content (AvgIpc) is 2.96. The Bertz CT molecular complexity index is 587. The number of urea groups is 1. The van der Waals surface area contributed by atoms with Gasteiger partial charge in [0.05, 0.1) is 0 Å². The molecule has 1 aliphatic heterocycles. The molecular weight excluding hydrogens is 296 g/mol. The number of anilines is 1. The summed E-state index contributed by atoms with van der Waals surface area (Å²) in [5.41, 5.74) is 1.16. The van der Waals surface area contributed by atoms with E-state index in [-0.39, 0.29) is 6.03 Å². The number of carbonyl (C=O) groups excluding carboxylic acids is 1. The Morgan fingerprint density at radius 2 is 2.18 bits per heavy atom. The summed E-state index contributed by atoms with van der Waals surface area (Å²) in [5, 5.41) is 7.08. The smallest absolute Gasteiger partial charge is 0.317 e. The zero-order valence-electron chi connectivity index (χ0n) is 12.4. The normalized spacial score (nSPS) is 15.5. The molecule has 22 heavy (non-hydrogen) atoms. The molecule has 0 radical (unpaired) electrons. The third kappa shape index (κ3) is 3.76. The monoisotopic (exact) mass is 316 g/mol. The van der Waals surface area contributed by atoms with Gasteiger partial charge < -0.3 is 15.1 Å². The second-order valence-electron chi connectivity index (χ2n) is 5.31. The van der Waals surface area contributed by atoms with Crippen LogP contribution < -0.4 is 10.2 Å². The maximum absolute atomic E-state index is 12.3. The summed E-state index contributed by atoms with van der Waals surface area (Å²) < 4.78 is 0. The number of nitrogens with one attached hydrogen (secondary N) is 1. The molecular formula is C16H20N4OS. The van der Waals surface area contributed by atoms with Gasteiger partial charge in [-0.15, -0.1) is 0 Å². The van der Waals surface area contributed by atoms with Gasteiger partial charge in [-0.3, -0.25) is 0 Å². The van der Waals surface area contributed by atoms with Crippen molar-refractivity contribution >= 4 is 23.2 Å². The molecule has 0 aromatic carbocycles. The fraction of sp³-hybridized carbons (Fsp3) is 0.375. The molecule has 0 bridgehead atoms. The summed E-state index contributed by atoms with van der Waals surface area (Å²) in [6.45, 7) is 3.88. The van der Waals surface area contributed by atoms with E-state index >= 15 is 0 Å². The summed E-state index contributed by atoms with van der Waals surface area (Å²) in [6.07, 6.45) is 2.77. The molecule has 1 N–H and O–H groups in total. The summed E-state index contributed by atoms with van der Waals surface area (Å²) in [5.74, 6) is 0.989. The highest BCUT2D eigenvalue weighted by Crippen LogP contribution is 2.13. The largest absolute Gasteiger partial charge is 0.355 e. The van der Waals surface area contributed by atoms with Crippen molar-refractivity contribution in [2.45, 2.75) is 13.0 Å². The van der Waals surface area contributed by atoms with Gasteiger partial charge in [-0.05, 0) is 40.9 Å². The van der Waals surface area contributed by atoms with Gasteiger partial charge in [-0.1, -0.05) is 6.07 Å². The zero-order chi connectivity index (χ0) is 15.2. The van der Waals surface area contributed by atoms with Gasteiger partial charge >= 0.3 is 6.03 Å². The van der Waals surface area contributed by atoms with Crippen LogP contribution in [-0.4, -0.2) is 42.1 Å². The van der Waals surface area contributed by atoms with Gasteiger partial charge in [0.25, 0.3) is 0 Å². The average molecular weight is 316 g/mol. The number of nitrogens with zero attached hydrogens (tertiary/aromatic N) is 3. The van der Waals surface area contributed by atoms with E-state index in [1.54, 1.807) is 11.3 Å². The van der Waals surface area contributed by atoms with Crippen LogP contribution in [-0.2, 0) is 6.54 Å². The van der Waals surface area contributed by atoms with E-state index in [0.717, 1.165) is 44.0 Å². The minimum atomic E-state index is 0.0223. The molecule has 5 nitrogen and oxygen atoms in total. The maximum Gasteiger partial charge on any atom is 0.317 e. The van der Waals surface area contributed by atoms with Crippen molar-refractivity contribution in [1.82, 2.24) is 15.2 Å². The number of rotatable bonds is 3. The van der Waals surface area contributed by atoms with E-state index in [1.165, 1.54) is 0 Å². The number of carbonyl (C=O) groups is 1. The van der Waals surface area contributed by atoms with Crippen molar-refractivity contribution in [1.29, 1.82) is 0 Å². The lowest BCUT2D eigenvalue weighted by molar-refractivity contribution is 0.201. The van der Waals surface area contributed by atoms with Crippen LogP contribution in [0.2, 0.25) is 0 Å². The molecule has 1 saturated heterocycles. The lowest BCUT2D eigenvalue weighted by atomic mass is 10.3. The van der Waals surface area contributed by atoms with Crippen molar-refractivity contribution in [3.05, 3.63) is 46.8 Å². The Balaban J connectivity index is 1.52. The van der Waals surface area contributed by atoms with Gasteiger partial charge in [-0.2, -0.15) is 11.3 Å². The molecule has 0 aliphatic carbocycles. The predicted molar refractivity (Wildman–Crippen MR) is 89.2 cm³/mol. The molecule has 0 unspecified atom stereocenters. The van der Waals surface area contributed by atoms with Crippen LogP contribution in [0.1, 0.15) is 12.0 Å². The van der Waals surface area contributed by atoms with Crippen molar-refractivity contribution < 1.29 is 4.79 Å². The van der Waals surface area contributed by atoms with Crippen molar-refractivity contribution in [2.75, 3.05) is 31.1 Å². The molecule has 0 saturated carbocycles. The molecule has 1 aliphatic rings. The number of hydrogen-bond donors (Lipinski definition) is 1. The SMILES string of the molecule is O=C(NCc1ccsc1)N1CCCN(c2ccccn2)CC1. The molecule has 6 heteroatoms. The first-order chi connectivity index (χ1) is 10.8. The minimum Gasteiger partial charge on any atom is -0.355 e. The van der Waals surface area contributed by atoms with E-state index in [0.29, 0.717) is 6.54 Å². The first kappa shape index (κ1) is 14.8. The summed E-state index contributed by atoms with van der Waals surface area (Å²) in [7, 11) is 0. The van der Waals surface area contributed by atoms with E-state index < -0.39 is 0 Å². The van der Waals surface area contributed by atoms with Crippen LogP contribution >= 0.6 is 11.3 Å². The van der Waals surface area contributed by atoms with Gasteiger partial charge in [0.15, 0.2) is 0 Å². The van der Waals surface area contributed by atoms with Gasteiger partial charge in [0.2, 0.25) is 0 Å². The van der Waals surface area contributed by atoms with Crippen LogP contribution in [0.25, 0.3) is 0 Å². The lowest BCUT2D eigenvalue weighted by Crippen LogP contribution is -2.41. The second-order valence-corrected chi connectivity index (χ2v) is 6.09. The predicted octanol–water partition coefficient (Wildman–Crippen LogP) is 2.57. The first-order valence-corrected chi connectivity index (χ1v) is 8.47. The molecule has 2 aromatic heterocycles. The van der Waals surface area contributed by atoms with Gasteiger partial charge in [0, 0.05) is 38.9 Å². The molecule has 1 fully saturated rings. The molecule has 116 valence electrons. The Morgan fingerprint density at radius 1 is 1.23 bits per heavy atom. The van der Waals surface area contributed by atoms with Gasteiger partial charge in [-0.25, -0.2) is 9.78 Å². The molecule has 3 rings (SSSR count). The Hall–Kier alpha value is -2.08. The highest BCUT2D eigenvalue weighted by molar-refractivity contribution is 7.07. The summed E-state index contributed by atoms with van der Waals surface area (Å²) >= 11 is 1.65. The topological polar surface area (TPSA) is 48.5 Å². The van der Waals surface area contributed by atoms with E-state index in [9.17, 15) is 4.79 Å². The quantitative estimate of drug-likeness (QED) is 0.947. The lowest BCUT2D eigenvalue weighted by Gasteiger charge is -2.23. The fourth-order valence-electron chi connectivity index (χ4n) is 2.57. The maximum atomic E-state index is 12.3. The van der Waals surface area contributed by atoms with Crippen LogP contribution in [0, 0.1) is 0 Å². The van der Waals surface area contributed by atoms with Crippen molar-refractivity contribution in [2.24, 2.45) is 0 Å². The number of thiophene rings is 1. The fourth-order valence-corrected chi connectivity index (χ4v) is 3.24. The molecule has 0 spiro atoms. The first-order valence-electron chi connectivity index (χ1n) is 7.53.